The van der Waals surface area contributed by atoms with Crippen LogP contribution in [0.25, 0.3) is 40.0 Å². The molecule has 1 heterocycles. The number of hydrogen-bond acceptors (Lipinski definition) is 1. The Labute approximate surface area is 130 Å². The van der Waals surface area contributed by atoms with Gasteiger partial charge in [-0.25, -0.2) is 0 Å². The Morgan fingerprint density at radius 3 is 2.45 bits per heavy atom. The Morgan fingerprint density at radius 2 is 1.82 bits per heavy atom. The van der Waals surface area contributed by atoms with Gasteiger partial charge in [-0.05, 0) is 36.6 Å². The standard InChI is InChI=1S/C20H20N2/c1-5-8-16-14(6-2)10-12-18-19(16)17-11-9-13(4)15(7-3)20(17)22(18)21/h5-12H,2-3,21H2,1,4H3/b8-5-. The van der Waals surface area contributed by atoms with Crippen molar-refractivity contribution in [1.29, 1.82) is 0 Å². The summed E-state index contributed by atoms with van der Waals surface area (Å²) in [6.45, 7) is 12.0. The van der Waals surface area contributed by atoms with Crippen LogP contribution < -0.4 is 5.84 Å². The van der Waals surface area contributed by atoms with Crippen molar-refractivity contribution < 1.29 is 0 Å². The molecular weight excluding hydrogens is 268 g/mol. The van der Waals surface area contributed by atoms with Crippen molar-refractivity contribution >= 4 is 40.0 Å². The Kier molecular flexibility index (Phi) is 3.38. The van der Waals surface area contributed by atoms with Gasteiger partial charge in [0.25, 0.3) is 0 Å². The molecule has 2 nitrogen and oxygen atoms in total. The molecule has 2 aromatic carbocycles. The number of fused-ring (bicyclic) bond motifs is 3. The van der Waals surface area contributed by atoms with Gasteiger partial charge in [-0.3, -0.25) is 4.68 Å². The average molecular weight is 288 g/mol. The average Bonchev–Trinajstić information content (AvgIpc) is 2.81. The van der Waals surface area contributed by atoms with E-state index >= 15 is 0 Å². The second-order valence-electron chi connectivity index (χ2n) is 5.43. The minimum absolute atomic E-state index is 1.02. The topological polar surface area (TPSA) is 30.9 Å². The highest BCUT2D eigenvalue weighted by atomic mass is 15.3. The molecule has 0 radical (unpaired) electrons. The third kappa shape index (κ3) is 1.81. The quantitative estimate of drug-likeness (QED) is 0.665. The molecular formula is C20H20N2. The molecule has 0 saturated carbocycles. The highest BCUT2D eigenvalue weighted by molar-refractivity contribution is 6.15. The minimum atomic E-state index is 1.02. The third-order valence-electron chi connectivity index (χ3n) is 4.22. The number of nitrogens with zero attached hydrogens (tertiary/aromatic N) is 1. The maximum Gasteiger partial charge on any atom is 0.0778 e. The first kappa shape index (κ1) is 14.2. The van der Waals surface area contributed by atoms with E-state index in [0.29, 0.717) is 0 Å². The summed E-state index contributed by atoms with van der Waals surface area (Å²) in [4.78, 5) is 0. The van der Waals surface area contributed by atoms with Gasteiger partial charge in [-0.15, -0.1) is 0 Å². The van der Waals surface area contributed by atoms with Gasteiger partial charge in [0.1, 0.15) is 0 Å². The van der Waals surface area contributed by atoms with Crippen molar-refractivity contribution in [2.45, 2.75) is 13.8 Å². The summed E-state index contributed by atoms with van der Waals surface area (Å²) in [5, 5.41) is 2.31. The van der Waals surface area contributed by atoms with E-state index in [-0.39, 0.29) is 0 Å². The zero-order valence-corrected chi connectivity index (χ0v) is 13.1. The predicted molar refractivity (Wildman–Crippen MR) is 99.2 cm³/mol. The second kappa shape index (κ2) is 5.23. The summed E-state index contributed by atoms with van der Waals surface area (Å²) in [6, 6.07) is 8.39. The van der Waals surface area contributed by atoms with Crippen molar-refractivity contribution in [3.8, 4) is 0 Å². The molecule has 0 unspecified atom stereocenters. The molecule has 0 amide bonds. The maximum absolute atomic E-state index is 6.40. The lowest BCUT2D eigenvalue weighted by Gasteiger charge is -2.05. The molecule has 0 aliphatic heterocycles. The van der Waals surface area contributed by atoms with Crippen LogP contribution in [0, 0.1) is 6.92 Å². The molecule has 2 heteroatoms. The highest BCUT2D eigenvalue weighted by Crippen LogP contribution is 2.36. The van der Waals surface area contributed by atoms with Crippen LogP contribution in [0.15, 0.2) is 43.5 Å². The van der Waals surface area contributed by atoms with Gasteiger partial charge in [0, 0.05) is 16.3 Å². The zero-order chi connectivity index (χ0) is 15.9. The molecule has 0 atom stereocenters. The lowest BCUT2D eigenvalue weighted by molar-refractivity contribution is 1.11. The number of aromatic nitrogens is 1. The molecule has 0 bridgehead atoms. The number of nitrogens with two attached hydrogens (primary N) is 1. The number of benzene rings is 2. The van der Waals surface area contributed by atoms with Gasteiger partial charge in [0.05, 0.1) is 11.0 Å². The SMILES string of the molecule is C=Cc1ccc2c(c1/C=C\C)c1ccc(C)c(C=C)c1n2N. The van der Waals surface area contributed by atoms with Crippen LogP contribution in [0.5, 0.6) is 0 Å². The lowest BCUT2D eigenvalue weighted by atomic mass is 9.98. The molecule has 22 heavy (non-hydrogen) atoms. The van der Waals surface area contributed by atoms with E-state index in [9.17, 15) is 0 Å². The van der Waals surface area contributed by atoms with Crippen LogP contribution in [-0.2, 0) is 0 Å². The van der Waals surface area contributed by atoms with Crippen LogP contribution >= 0.6 is 0 Å². The Morgan fingerprint density at radius 1 is 1.05 bits per heavy atom. The van der Waals surface area contributed by atoms with Gasteiger partial charge < -0.3 is 5.84 Å². The van der Waals surface area contributed by atoms with E-state index in [1.807, 2.05) is 25.2 Å². The van der Waals surface area contributed by atoms with Crippen molar-refractivity contribution in [2.24, 2.45) is 0 Å². The number of aryl methyl sites for hydroxylation is 1. The Bertz CT molecular complexity index is 940. The number of rotatable bonds is 3. The molecule has 1 aromatic heterocycles. The molecule has 0 saturated heterocycles. The van der Waals surface area contributed by atoms with E-state index in [1.54, 1.807) is 4.68 Å². The van der Waals surface area contributed by atoms with Gasteiger partial charge in [-0.2, -0.15) is 0 Å². The summed E-state index contributed by atoms with van der Waals surface area (Å²) in [5.74, 6) is 6.40. The van der Waals surface area contributed by atoms with Crippen LogP contribution in [0.1, 0.15) is 29.2 Å². The van der Waals surface area contributed by atoms with Crippen LogP contribution in [0.4, 0.5) is 0 Å². The molecule has 0 aliphatic rings. The normalized spacial score (nSPS) is 11.5. The fourth-order valence-electron chi connectivity index (χ4n) is 3.18. The summed E-state index contributed by atoms with van der Waals surface area (Å²) in [5.41, 5.74) is 6.57. The molecule has 3 aromatic rings. The van der Waals surface area contributed by atoms with E-state index in [1.165, 1.54) is 5.56 Å². The van der Waals surface area contributed by atoms with E-state index in [4.69, 9.17) is 5.84 Å². The predicted octanol–water partition coefficient (Wildman–Crippen LogP) is 5.14. The minimum Gasteiger partial charge on any atom is -0.339 e. The van der Waals surface area contributed by atoms with Crippen molar-refractivity contribution in [3.05, 3.63) is 65.8 Å². The van der Waals surface area contributed by atoms with Crippen molar-refractivity contribution in [1.82, 2.24) is 4.68 Å². The van der Waals surface area contributed by atoms with Gasteiger partial charge in [0.15, 0.2) is 0 Å². The first-order chi connectivity index (χ1) is 10.6. The van der Waals surface area contributed by atoms with Crippen LogP contribution in [0.2, 0.25) is 0 Å². The fourth-order valence-corrected chi connectivity index (χ4v) is 3.18. The van der Waals surface area contributed by atoms with Gasteiger partial charge >= 0.3 is 0 Å². The van der Waals surface area contributed by atoms with Crippen molar-refractivity contribution in [3.63, 3.8) is 0 Å². The largest absolute Gasteiger partial charge is 0.339 e. The van der Waals surface area contributed by atoms with Gasteiger partial charge in [0.2, 0.25) is 0 Å². The molecule has 0 spiro atoms. The Balaban J connectivity index is 2.64. The van der Waals surface area contributed by atoms with Gasteiger partial charge in [-0.1, -0.05) is 55.7 Å². The summed E-state index contributed by atoms with van der Waals surface area (Å²) < 4.78 is 1.77. The molecule has 3 rings (SSSR count). The maximum atomic E-state index is 6.40. The zero-order valence-electron chi connectivity index (χ0n) is 13.1. The summed E-state index contributed by atoms with van der Waals surface area (Å²) in [6.07, 6.45) is 7.93. The number of nitrogen functional groups attached to an aromatic ring is 1. The lowest BCUT2D eigenvalue weighted by Crippen LogP contribution is -2.08. The molecule has 0 aliphatic carbocycles. The van der Waals surface area contributed by atoms with E-state index in [2.05, 4.69) is 50.4 Å². The van der Waals surface area contributed by atoms with Crippen LogP contribution in [-0.4, -0.2) is 4.68 Å². The smallest absolute Gasteiger partial charge is 0.0778 e. The van der Waals surface area contributed by atoms with Crippen LogP contribution in [0.3, 0.4) is 0 Å². The summed E-state index contributed by atoms with van der Waals surface area (Å²) in [7, 11) is 0. The highest BCUT2D eigenvalue weighted by Gasteiger charge is 2.16. The monoisotopic (exact) mass is 288 g/mol. The number of allylic oxidation sites excluding steroid dienone is 1. The molecule has 2 N–H and O–H groups in total. The molecule has 110 valence electrons. The van der Waals surface area contributed by atoms with E-state index in [0.717, 1.165) is 38.5 Å². The van der Waals surface area contributed by atoms with E-state index < -0.39 is 0 Å². The Hall–Kier alpha value is -2.74. The number of hydrogen-bond donors (Lipinski definition) is 1. The first-order valence-electron chi connectivity index (χ1n) is 7.37. The first-order valence-corrected chi connectivity index (χ1v) is 7.37. The fraction of sp³-hybridized carbons (Fsp3) is 0.100. The summed E-state index contributed by atoms with van der Waals surface area (Å²) >= 11 is 0. The second-order valence-corrected chi connectivity index (χ2v) is 5.43. The third-order valence-corrected chi connectivity index (χ3v) is 4.22. The molecule has 0 fully saturated rings. The van der Waals surface area contributed by atoms with Crippen molar-refractivity contribution in [2.75, 3.05) is 5.84 Å².